The number of carbonyl (C=O) groups excluding carboxylic acids is 2. The van der Waals surface area contributed by atoms with Gasteiger partial charge in [0.2, 0.25) is 5.91 Å². The maximum atomic E-state index is 13.7. The molecule has 2 N–H and O–H groups in total. The standard InChI is InChI=1S/C30H30N2O6/c1-30(2)32(26(18-38-30)28(34)35)27(33)25(16-19-10-4-3-5-11-19)31-29(36)37-17-24-22-14-8-6-12-20(22)21-13-7-9-15-23(21)24/h3-15,24-26H,16-18H2,1-2H3,(H,31,36)(H,34,35)/t25-,26+/m1/s1. The summed E-state index contributed by atoms with van der Waals surface area (Å²) in [5, 5.41) is 12.4. The number of carboxylic acids is 1. The minimum atomic E-state index is -1.16. The Morgan fingerprint density at radius 2 is 1.55 bits per heavy atom. The van der Waals surface area contributed by atoms with Gasteiger partial charge < -0.3 is 19.9 Å². The molecule has 0 spiro atoms. The lowest BCUT2D eigenvalue weighted by atomic mass is 9.98. The van der Waals surface area contributed by atoms with Crippen LogP contribution in [-0.2, 0) is 25.5 Å². The van der Waals surface area contributed by atoms with E-state index in [1.807, 2.05) is 66.7 Å². The van der Waals surface area contributed by atoms with Gasteiger partial charge in [-0.1, -0.05) is 78.9 Å². The summed E-state index contributed by atoms with van der Waals surface area (Å²) in [6.07, 6.45) is -0.575. The summed E-state index contributed by atoms with van der Waals surface area (Å²) in [6.45, 7) is 3.25. The van der Waals surface area contributed by atoms with E-state index in [4.69, 9.17) is 9.47 Å². The van der Waals surface area contributed by atoms with Crippen LogP contribution in [0, 0.1) is 0 Å². The molecule has 3 aromatic rings. The number of nitrogens with one attached hydrogen (secondary N) is 1. The second kappa shape index (κ2) is 10.3. The maximum Gasteiger partial charge on any atom is 0.407 e. The average Bonchev–Trinajstić information content (AvgIpc) is 3.41. The van der Waals surface area contributed by atoms with Crippen molar-refractivity contribution in [3.63, 3.8) is 0 Å². The number of hydrogen-bond acceptors (Lipinski definition) is 5. The van der Waals surface area contributed by atoms with Gasteiger partial charge in [0.05, 0.1) is 6.61 Å². The number of amides is 2. The van der Waals surface area contributed by atoms with Crippen molar-refractivity contribution < 1.29 is 29.0 Å². The molecule has 3 aromatic carbocycles. The predicted molar refractivity (Wildman–Crippen MR) is 140 cm³/mol. The van der Waals surface area contributed by atoms with Crippen molar-refractivity contribution in [1.29, 1.82) is 0 Å². The van der Waals surface area contributed by atoms with E-state index in [1.54, 1.807) is 13.8 Å². The van der Waals surface area contributed by atoms with Crippen LogP contribution in [0.4, 0.5) is 4.79 Å². The largest absolute Gasteiger partial charge is 0.480 e. The van der Waals surface area contributed by atoms with Crippen molar-refractivity contribution in [3.8, 4) is 11.1 Å². The van der Waals surface area contributed by atoms with Crippen molar-refractivity contribution in [3.05, 3.63) is 95.6 Å². The Balaban J connectivity index is 1.35. The first-order valence-electron chi connectivity index (χ1n) is 12.6. The summed E-state index contributed by atoms with van der Waals surface area (Å²) in [5.41, 5.74) is 4.07. The highest BCUT2D eigenvalue weighted by molar-refractivity contribution is 5.90. The number of ether oxygens (including phenoxy) is 2. The third kappa shape index (κ3) is 4.87. The van der Waals surface area contributed by atoms with Gasteiger partial charge in [-0.25, -0.2) is 9.59 Å². The Morgan fingerprint density at radius 3 is 2.16 bits per heavy atom. The van der Waals surface area contributed by atoms with Gasteiger partial charge in [0.25, 0.3) is 0 Å². The highest BCUT2D eigenvalue weighted by Crippen LogP contribution is 2.44. The highest BCUT2D eigenvalue weighted by atomic mass is 16.6. The normalized spacial score (nSPS) is 18.4. The molecule has 0 bridgehead atoms. The maximum absolute atomic E-state index is 13.7. The zero-order chi connectivity index (χ0) is 26.9. The van der Waals surface area contributed by atoms with E-state index in [0.29, 0.717) is 0 Å². The molecule has 1 aliphatic heterocycles. The number of carbonyl (C=O) groups is 3. The zero-order valence-corrected chi connectivity index (χ0v) is 21.3. The number of carboxylic acid groups (broad SMARTS) is 1. The third-order valence-corrected chi connectivity index (χ3v) is 7.23. The van der Waals surface area contributed by atoms with Crippen LogP contribution in [0.25, 0.3) is 11.1 Å². The molecule has 5 rings (SSSR count). The minimum absolute atomic E-state index is 0.0994. The number of rotatable bonds is 7. The molecule has 0 saturated carbocycles. The first kappa shape index (κ1) is 25.5. The molecule has 2 amide bonds. The van der Waals surface area contributed by atoms with E-state index >= 15 is 0 Å². The molecule has 1 saturated heterocycles. The van der Waals surface area contributed by atoms with Gasteiger partial charge in [0.15, 0.2) is 6.04 Å². The number of nitrogens with zero attached hydrogens (tertiary/aromatic N) is 1. The summed E-state index contributed by atoms with van der Waals surface area (Å²) in [7, 11) is 0. The summed E-state index contributed by atoms with van der Waals surface area (Å²) in [5.74, 6) is -1.83. The molecule has 2 aliphatic rings. The number of fused-ring (bicyclic) bond motifs is 3. The van der Waals surface area contributed by atoms with Gasteiger partial charge in [-0.2, -0.15) is 0 Å². The number of aliphatic carboxylic acids is 1. The summed E-state index contributed by atoms with van der Waals surface area (Å²) >= 11 is 0. The number of hydrogen-bond donors (Lipinski definition) is 2. The molecule has 1 heterocycles. The minimum Gasteiger partial charge on any atom is -0.480 e. The average molecular weight is 515 g/mol. The molecule has 2 atom stereocenters. The van der Waals surface area contributed by atoms with Crippen molar-refractivity contribution in [2.45, 2.75) is 44.0 Å². The molecule has 1 aliphatic carbocycles. The second-order valence-corrected chi connectivity index (χ2v) is 10.0. The lowest BCUT2D eigenvalue weighted by Gasteiger charge is -2.35. The molecule has 0 unspecified atom stereocenters. The number of alkyl carbamates (subject to hydrolysis) is 1. The molecule has 196 valence electrons. The van der Waals surface area contributed by atoms with Crippen molar-refractivity contribution >= 4 is 18.0 Å². The van der Waals surface area contributed by atoms with Crippen LogP contribution in [0.15, 0.2) is 78.9 Å². The van der Waals surface area contributed by atoms with E-state index in [2.05, 4.69) is 17.4 Å². The molecule has 1 fully saturated rings. The van der Waals surface area contributed by atoms with E-state index in [-0.39, 0.29) is 25.6 Å². The van der Waals surface area contributed by atoms with Crippen LogP contribution in [0.2, 0.25) is 0 Å². The Hall–Kier alpha value is -4.17. The molecule has 8 nitrogen and oxygen atoms in total. The lowest BCUT2D eigenvalue weighted by molar-refractivity contribution is -0.156. The number of benzene rings is 3. The first-order chi connectivity index (χ1) is 18.3. The Bertz CT molecular complexity index is 1310. The van der Waals surface area contributed by atoms with E-state index < -0.39 is 35.8 Å². The summed E-state index contributed by atoms with van der Waals surface area (Å²) in [4.78, 5) is 39.9. The van der Waals surface area contributed by atoms with Gasteiger partial charge in [-0.15, -0.1) is 0 Å². The molecular formula is C30H30N2O6. The van der Waals surface area contributed by atoms with Gasteiger partial charge in [-0.3, -0.25) is 9.69 Å². The topological polar surface area (TPSA) is 105 Å². The summed E-state index contributed by atoms with van der Waals surface area (Å²) < 4.78 is 11.3. The fourth-order valence-corrected chi connectivity index (χ4v) is 5.40. The Labute approximate surface area is 221 Å². The van der Waals surface area contributed by atoms with Crippen LogP contribution in [0.5, 0.6) is 0 Å². The SMILES string of the molecule is CC1(C)OC[C@@H](C(=O)O)N1C(=O)[C@@H](Cc1ccccc1)NC(=O)OCC1c2ccccc2-c2ccccc21. The smallest absolute Gasteiger partial charge is 0.407 e. The van der Waals surface area contributed by atoms with Crippen LogP contribution in [-0.4, -0.2) is 59.0 Å². The van der Waals surface area contributed by atoms with Gasteiger partial charge in [-0.05, 0) is 41.7 Å². The van der Waals surface area contributed by atoms with Crippen molar-refractivity contribution in [2.24, 2.45) is 0 Å². The van der Waals surface area contributed by atoms with Crippen LogP contribution in [0.3, 0.4) is 0 Å². The van der Waals surface area contributed by atoms with Crippen LogP contribution >= 0.6 is 0 Å². The molecule has 8 heteroatoms. The van der Waals surface area contributed by atoms with Gasteiger partial charge in [0.1, 0.15) is 18.4 Å². The monoisotopic (exact) mass is 514 g/mol. The summed E-state index contributed by atoms with van der Waals surface area (Å²) in [6, 6.07) is 23.1. The van der Waals surface area contributed by atoms with Crippen LogP contribution in [0.1, 0.15) is 36.5 Å². The van der Waals surface area contributed by atoms with Crippen molar-refractivity contribution in [1.82, 2.24) is 10.2 Å². The fraction of sp³-hybridized carbons (Fsp3) is 0.300. The van der Waals surface area contributed by atoms with Gasteiger partial charge >= 0.3 is 12.1 Å². The van der Waals surface area contributed by atoms with Gasteiger partial charge in [0, 0.05) is 12.3 Å². The molecule has 38 heavy (non-hydrogen) atoms. The van der Waals surface area contributed by atoms with E-state index in [1.165, 1.54) is 4.90 Å². The first-order valence-corrected chi connectivity index (χ1v) is 12.6. The Kier molecular flexibility index (Phi) is 6.91. The molecule has 0 radical (unpaired) electrons. The highest BCUT2D eigenvalue weighted by Gasteiger charge is 2.49. The quantitative estimate of drug-likeness (QED) is 0.490. The van der Waals surface area contributed by atoms with E-state index in [0.717, 1.165) is 27.8 Å². The third-order valence-electron chi connectivity index (χ3n) is 7.23. The van der Waals surface area contributed by atoms with E-state index in [9.17, 15) is 19.5 Å². The Morgan fingerprint density at radius 1 is 0.974 bits per heavy atom. The molecule has 0 aromatic heterocycles. The van der Waals surface area contributed by atoms with Crippen LogP contribution < -0.4 is 5.32 Å². The fourth-order valence-electron chi connectivity index (χ4n) is 5.40. The second-order valence-electron chi connectivity index (χ2n) is 10.0. The zero-order valence-electron chi connectivity index (χ0n) is 21.3. The predicted octanol–water partition coefficient (Wildman–Crippen LogP) is 4.18. The lowest BCUT2D eigenvalue weighted by Crippen LogP contribution is -2.58. The molecular weight excluding hydrogens is 484 g/mol. The van der Waals surface area contributed by atoms with Crippen molar-refractivity contribution in [2.75, 3.05) is 13.2 Å².